The summed E-state index contributed by atoms with van der Waals surface area (Å²) >= 11 is 0. The van der Waals surface area contributed by atoms with Crippen molar-refractivity contribution in [1.82, 2.24) is 14.5 Å². The van der Waals surface area contributed by atoms with Gasteiger partial charge in [-0.3, -0.25) is 4.79 Å². The molecule has 28 heavy (non-hydrogen) atoms. The fourth-order valence-corrected chi connectivity index (χ4v) is 2.17. The van der Waals surface area contributed by atoms with Crippen LogP contribution in [0, 0.1) is 0 Å². The van der Waals surface area contributed by atoms with Gasteiger partial charge in [-0.2, -0.15) is 0 Å². The van der Waals surface area contributed by atoms with E-state index < -0.39 is 5.60 Å². The van der Waals surface area contributed by atoms with Crippen molar-refractivity contribution in [2.24, 2.45) is 7.05 Å². The molecule has 3 aromatic rings. The highest BCUT2D eigenvalue weighted by atomic mass is 16.3. The van der Waals surface area contributed by atoms with Gasteiger partial charge in [-0.25, -0.2) is 4.98 Å². The topological polar surface area (TPSA) is 78.6 Å². The molecular weight excluding hydrogens is 354 g/mol. The fraction of sp³-hybridized carbons (Fsp3) is 0.364. The lowest BCUT2D eigenvalue weighted by Gasteiger charge is -2.19. The lowest BCUT2D eigenvalue weighted by Crippen LogP contribution is -2.23. The van der Waals surface area contributed by atoms with E-state index in [0.29, 0.717) is 12.1 Å². The Bertz CT molecular complexity index is 791. The van der Waals surface area contributed by atoms with Crippen LogP contribution in [-0.2, 0) is 17.4 Å². The van der Waals surface area contributed by atoms with E-state index in [9.17, 15) is 9.90 Å². The first-order valence-electron chi connectivity index (χ1n) is 9.10. The molecule has 6 heteroatoms. The molecule has 1 unspecified atom stereocenters. The molecule has 0 saturated heterocycles. The predicted molar refractivity (Wildman–Crippen MR) is 113 cm³/mol. The number of imidazole rings is 1. The molecule has 0 saturated carbocycles. The molecule has 0 bridgehead atoms. The molecule has 0 fully saturated rings. The van der Waals surface area contributed by atoms with Gasteiger partial charge in [-0.05, 0) is 17.7 Å². The van der Waals surface area contributed by atoms with Gasteiger partial charge in [0.15, 0.2) is 0 Å². The maximum absolute atomic E-state index is 10.1. The average Bonchev–Trinajstić information content (AvgIpc) is 3.10. The highest BCUT2D eigenvalue weighted by molar-refractivity contribution is 5.82. The third kappa shape index (κ3) is 7.90. The molecular formula is C22H31N3O3. The number of aryl methyl sites for hydroxylation is 1. The van der Waals surface area contributed by atoms with Gasteiger partial charge in [-0.15, -0.1) is 0 Å². The largest absolute Gasteiger partial charge is 0.396 e. The van der Waals surface area contributed by atoms with E-state index in [1.165, 1.54) is 22.6 Å². The summed E-state index contributed by atoms with van der Waals surface area (Å²) in [5.41, 5.74) is -0.422. The van der Waals surface area contributed by atoms with E-state index in [1.807, 2.05) is 7.05 Å². The van der Waals surface area contributed by atoms with Crippen molar-refractivity contribution < 1.29 is 15.0 Å². The number of rotatable bonds is 3. The molecule has 3 rings (SSSR count). The van der Waals surface area contributed by atoms with Crippen molar-refractivity contribution >= 4 is 16.7 Å². The summed E-state index contributed by atoms with van der Waals surface area (Å²) in [6.45, 7) is 3.13. The van der Waals surface area contributed by atoms with Crippen LogP contribution in [-0.4, -0.2) is 51.3 Å². The predicted octanol–water partition coefficient (Wildman–Crippen LogP) is 2.94. The Hall–Kier alpha value is -2.70. The maximum Gasteiger partial charge on any atom is 0.218 e. The number of aliphatic hydroxyl groups is 2. The molecule has 0 spiro atoms. The van der Waals surface area contributed by atoms with Gasteiger partial charge in [0.1, 0.15) is 5.60 Å². The lowest BCUT2D eigenvalue weighted by atomic mass is 10.00. The van der Waals surface area contributed by atoms with Crippen molar-refractivity contribution in [2.75, 3.05) is 20.7 Å². The molecule has 152 valence electrons. The van der Waals surface area contributed by atoms with Crippen molar-refractivity contribution in [3.63, 3.8) is 0 Å². The number of carbonyl (C=O) groups excluding carboxylic acids is 1. The van der Waals surface area contributed by atoms with Crippen LogP contribution in [0.3, 0.4) is 0 Å². The highest BCUT2D eigenvalue weighted by Crippen LogP contribution is 2.21. The minimum atomic E-state index is -1.02. The van der Waals surface area contributed by atoms with Gasteiger partial charge in [0.05, 0.1) is 12.0 Å². The molecule has 2 aromatic carbocycles. The number of carbonyl (C=O) groups is 1. The number of amides is 1. The molecule has 0 radical (unpaired) electrons. The number of fused-ring (bicyclic) bond motifs is 1. The van der Waals surface area contributed by atoms with Gasteiger partial charge in [0, 0.05) is 47.3 Å². The summed E-state index contributed by atoms with van der Waals surface area (Å²) in [5.74, 6) is 0.0926. The summed E-state index contributed by atoms with van der Waals surface area (Å²) < 4.78 is 1.77. The molecule has 6 nitrogen and oxygen atoms in total. The Morgan fingerprint density at radius 1 is 1.11 bits per heavy atom. The number of nitrogens with zero attached hydrogens (tertiary/aromatic N) is 3. The summed E-state index contributed by atoms with van der Waals surface area (Å²) in [4.78, 5) is 15.6. The van der Waals surface area contributed by atoms with E-state index in [2.05, 4.69) is 53.5 Å². The number of benzene rings is 2. The van der Waals surface area contributed by atoms with Gasteiger partial charge in [-0.1, -0.05) is 48.5 Å². The average molecular weight is 386 g/mol. The van der Waals surface area contributed by atoms with Gasteiger partial charge in [0.2, 0.25) is 5.91 Å². The summed E-state index contributed by atoms with van der Waals surface area (Å²) in [6.07, 6.45) is 3.68. The fourth-order valence-electron chi connectivity index (χ4n) is 2.17. The van der Waals surface area contributed by atoms with E-state index in [1.54, 1.807) is 38.1 Å². The minimum Gasteiger partial charge on any atom is -0.396 e. The Labute approximate surface area is 167 Å². The first kappa shape index (κ1) is 23.3. The monoisotopic (exact) mass is 385 g/mol. The number of hydrogen-bond donors (Lipinski definition) is 2. The second kappa shape index (κ2) is 11.2. The van der Waals surface area contributed by atoms with E-state index in [-0.39, 0.29) is 12.5 Å². The van der Waals surface area contributed by atoms with Crippen LogP contribution >= 0.6 is 0 Å². The zero-order chi connectivity index (χ0) is 21.2. The zero-order valence-corrected chi connectivity index (χ0v) is 17.3. The standard InChI is InChI=1S/C10H8.C8H14N2O2.C4H9NO/c1-2-6-10-8-4-3-7-9(10)5-1;1-8(12,3-4-11)7-5-10(2)6-9-7;1-4(6)5(2)3/h1-8H;5-6,11-12H,3-4H2,1-2H3;1-3H3. The molecule has 0 aliphatic heterocycles. The van der Waals surface area contributed by atoms with Crippen LogP contribution in [0.15, 0.2) is 61.1 Å². The minimum absolute atomic E-state index is 0.0381. The highest BCUT2D eigenvalue weighted by Gasteiger charge is 2.24. The normalized spacial score (nSPS) is 12.1. The third-order valence-electron chi connectivity index (χ3n) is 4.14. The second-order valence-electron chi connectivity index (χ2n) is 6.93. The molecule has 1 aromatic heterocycles. The molecule has 0 aliphatic rings. The van der Waals surface area contributed by atoms with Crippen molar-refractivity contribution in [3.05, 3.63) is 66.7 Å². The van der Waals surface area contributed by atoms with Crippen molar-refractivity contribution in [3.8, 4) is 0 Å². The van der Waals surface area contributed by atoms with Crippen LogP contribution in [0.5, 0.6) is 0 Å². The van der Waals surface area contributed by atoms with Crippen molar-refractivity contribution in [2.45, 2.75) is 25.9 Å². The number of aliphatic hydroxyl groups excluding tert-OH is 1. The summed E-state index contributed by atoms with van der Waals surface area (Å²) in [7, 11) is 5.29. The lowest BCUT2D eigenvalue weighted by molar-refractivity contribution is -0.126. The Balaban J connectivity index is 0.000000222. The van der Waals surface area contributed by atoms with Gasteiger partial charge >= 0.3 is 0 Å². The Morgan fingerprint density at radius 3 is 1.82 bits per heavy atom. The van der Waals surface area contributed by atoms with Crippen LogP contribution in [0.1, 0.15) is 26.0 Å². The Kier molecular flexibility index (Phi) is 9.35. The molecule has 1 heterocycles. The quantitative estimate of drug-likeness (QED) is 0.727. The van der Waals surface area contributed by atoms with E-state index in [0.717, 1.165) is 0 Å². The summed E-state index contributed by atoms with van der Waals surface area (Å²) in [6, 6.07) is 16.7. The van der Waals surface area contributed by atoms with Gasteiger partial charge < -0.3 is 19.7 Å². The smallest absolute Gasteiger partial charge is 0.218 e. The van der Waals surface area contributed by atoms with Gasteiger partial charge in [0.25, 0.3) is 0 Å². The van der Waals surface area contributed by atoms with Crippen molar-refractivity contribution in [1.29, 1.82) is 0 Å². The number of hydrogen-bond acceptors (Lipinski definition) is 4. The van der Waals surface area contributed by atoms with Crippen LogP contribution in [0.25, 0.3) is 10.8 Å². The third-order valence-corrected chi connectivity index (χ3v) is 4.14. The molecule has 0 aliphatic carbocycles. The Morgan fingerprint density at radius 2 is 1.54 bits per heavy atom. The molecule has 1 amide bonds. The first-order valence-corrected chi connectivity index (χ1v) is 9.10. The SMILES string of the molecule is CC(=O)N(C)C.Cn1cnc(C(C)(O)CCO)c1.c1ccc2ccccc2c1. The second-order valence-corrected chi connectivity index (χ2v) is 6.93. The van der Waals surface area contributed by atoms with E-state index in [4.69, 9.17) is 5.11 Å². The molecule has 2 N–H and O–H groups in total. The van der Waals surface area contributed by atoms with E-state index >= 15 is 0 Å². The summed E-state index contributed by atoms with van der Waals surface area (Å²) in [5, 5.41) is 21.1. The molecule has 1 atom stereocenters. The maximum atomic E-state index is 10.1. The first-order chi connectivity index (χ1) is 13.2. The van der Waals surface area contributed by atoms with Crippen LogP contribution < -0.4 is 0 Å². The number of aromatic nitrogens is 2. The zero-order valence-electron chi connectivity index (χ0n) is 17.3. The van der Waals surface area contributed by atoms with Crippen LogP contribution in [0.2, 0.25) is 0 Å². The van der Waals surface area contributed by atoms with Crippen LogP contribution in [0.4, 0.5) is 0 Å².